The van der Waals surface area contributed by atoms with E-state index in [0.717, 1.165) is 5.56 Å². The average Bonchev–Trinajstić information content (AvgIpc) is 2.73. The van der Waals surface area contributed by atoms with E-state index in [9.17, 15) is 0 Å². The molecule has 8 heteroatoms. The van der Waals surface area contributed by atoms with Crippen molar-refractivity contribution < 1.29 is 0 Å². The number of hydrogen-bond donors (Lipinski definition) is 1. The Bertz CT molecular complexity index is 562. The minimum absolute atomic E-state index is 0.215. The van der Waals surface area contributed by atoms with Crippen LogP contribution in [0.2, 0.25) is 0 Å². The molecule has 0 saturated carbocycles. The van der Waals surface area contributed by atoms with Crippen LogP contribution in [-0.4, -0.2) is 45.9 Å². The molecule has 0 aliphatic heterocycles. The minimum atomic E-state index is 0.215. The van der Waals surface area contributed by atoms with Crippen molar-refractivity contribution in [2.45, 2.75) is 6.54 Å². The van der Waals surface area contributed by atoms with Gasteiger partial charge in [0.2, 0.25) is 17.8 Å². The van der Waals surface area contributed by atoms with E-state index in [1.807, 2.05) is 45.5 Å². The van der Waals surface area contributed by atoms with Crippen molar-refractivity contribution in [2.24, 2.45) is 7.05 Å². The van der Waals surface area contributed by atoms with Crippen molar-refractivity contribution in [3.05, 3.63) is 18.0 Å². The lowest BCUT2D eigenvalue weighted by molar-refractivity contribution is 0.766. The van der Waals surface area contributed by atoms with Crippen LogP contribution < -0.4 is 15.5 Å². The van der Waals surface area contributed by atoms with E-state index >= 15 is 0 Å². The third-order valence-electron chi connectivity index (χ3n) is 2.55. The summed E-state index contributed by atoms with van der Waals surface area (Å²) >= 11 is 0. The molecule has 2 aromatic rings. The van der Waals surface area contributed by atoms with Crippen molar-refractivity contribution in [2.75, 3.05) is 36.7 Å². The Hall–Kier alpha value is -2.38. The Morgan fingerprint density at radius 1 is 1.16 bits per heavy atom. The molecule has 8 nitrogen and oxygen atoms in total. The van der Waals surface area contributed by atoms with Crippen LogP contribution in [-0.2, 0) is 13.6 Å². The normalized spacial score (nSPS) is 10.5. The summed E-state index contributed by atoms with van der Waals surface area (Å²) in [5, 5.41) is 4.13. The molecule has 0 bridgehead atoms. The molecule has 0 aliphatic rings. The van der Waals surface area contributed by atoms with Gasteiger partial charge in [-0.1, -0.05) is 0 Å². The zero-order valence-electron chi connectivity index (χ0n) is 11.6. The van der Waals surface area contributed by atoms with Crippen LogP contribution in [0.15, 0.2) is 12.4 Å². The first kappa shape index (κ1) is 13.1. The third kappa shape index (κ3) is 3.09. The topological polar surface area (TPSA) is 89.0 Å². The van der Waals surface area contributed by atoms with Gasteiger partial charge in [0.25, 0.3) is 0 Å². The van der Waals surface area contributed by atoms with Crippen LogP contribution in [0.25, 0.3) is 0 Å². The van der Waals surface area contributed by atoms with Gasteiger partial charge >= 0.3 is 0 Å². The van der Waals surface area contributed by atoms with Gasteiger partial charge in [0.15, 0.2) is 0 Å². The smallest absolute Gasteiger partial charge is 0.231 e. The van der Waals surface area contributed by atoms with Crippen molar-refractivity contribution in [3.63, 3.8) is 0 Å². The number of hydrogen-bond acceptors (Lipinski definition) is 7. The number of anilines is 3. The fourth-order valence-electron chi connectivity index (χ4n) is 1.64. The summed E-state index contributed by atoms with van der Waals surface area (Å²) in [7, 11) is 7.51. The fraction of sp³-hybridized carbons (Fsp3) is 0.455. The number of aryl methyl sites for hydroxylation is 1. The summed E-state index contributed by atoms with van der Waals surface area (Å²) in [6.07, 6.45) is 3.77. The molecule has 0 fully saturated rings. The van der Waals surface area contributed by atoms with Gasteiger partial charge in [-0.25, -0.2) is 0 Å². The van der Waals surface area contributed by atoms with E-state index in [-0.39, 0.29) is 5.95 Å². The Morgan fingerprint density at radius 2 is 1.84 bits per heavy atom. The molecule has 2 aromatic heterocycles. The van der Waals surface area contributed by atoms with Gasteiger partial charge < -0.3 is 15.5 Å². The van der Waals surface area contributed by atoms with Gasteiger partial charge in [-0.05, 0) is 0 Å². The molecule has 2 rings (SSSR count). The van der Waals surface area contributed by atoms with Crippen LogP contribution in [0.5, 0.6) is 0 Å². The Labute approximate surface area is 111 Å². The molecule has 0 radical (unpaired) electrons. The number of nitrogen functional groups attached to an aromatic ring is 1. The molecule has 102 valence electrons. The first-order chi connectivity index (χ1) is 8.95. The lowest BCUT2D eigenvalue weighted by atomic mass is 10.3. The van der Waals surface area contributed by atoms with Crippen LogP contribution >= 0.6 is 0 Å². The second kappa shape index (κ2) is 5.09. The molecule has 0 saturated heterocycles. The maximum Gasteiger partial charge on any atom is 0.231 e. The zero-order chi connectivity index (χ0) is 14.0. The SMILES string of the molecule is CN(C)c1nc(N)nc(N(C)Cc2cnn(C)c2)n1. The predicted octanol–water partition coefficient (Wildman–Crippen LogP) is -0.110. The molecule has 0 spiro atoms. The number of rotatable bonds is 4. The molecular formula is C11H18N8. The van der Waals surface area contributed by atoms with Crippen molar-refractivity contribution in [1.82, 2.24) is 24.7 Å². The van der Waals surface area contributed by atoms with Gasteiger partial charge in [-0.15, -0.1) is 0 Å². The summed E-state index contributed by atoms with van der Waals surface area (Å²) in [6.45, 7) is 0.657. The molecule has 0 aromatic carbocycles. The summed E-state index contributed by atoms with van der Waals surface area (Å²) in [5.74, 6) is 1.30. The summed E-state index contributed by atoms with van der Waals surface area (Å²) in [4.78, 5) is 16.3. The highest BCUT2D eigenvalue weighted by atomic mass is 15.3. The van der Waals surface area contributed by atoms with Gasteiger partial charge in [0.1, 0.15) is 0 Å². The van der Waals surface area contributed by atoms with Gasteiger partial charge in [0, 0.05) is 46.5 Å². The van der Waals surface area contributed by atoms with Crippen LogP contribution in [0, 0.1) is 0 Å². The number of nitrogens with zero attached hydrogens (tertiary/aromatic N) is 7. The summed E-state index contributed by atoms with van der Waals surface area (Å²) in [6, 6.07) is 0. The molecular weight excluding hydrogens is 244 g/mol. The van der Waals surface area contributed by atoms with Crippen LogP contribution in [0.4, 0.5) is 17.8 Å². The summed E-state index contributed by atoms with van der Waals surface area (Å²) < 4.78 is 1.76. The van der Waals surface area contributed by atoms with Crippen molar-refractivity contribution >= 4 is 17.8 Å². The van der Waals surface area contributed by atoms with Gasteiger partial charge in [-0.3, -0.25) is 4.68 Å². The van der Waals surface area contributed by atoms with Crippen molar-refractivity contribution in [3.8, 4) is 0 Å². The first-order valence-electron chi connectivity index (χ1n) is 5.83. The molecule has 2 N–H and O–H groups in total. The lowest BCUT2D eigenvalue weighted by Gasteiger charge is -2.18. The molecule has 19 heavy (non-hydrogen) atoms. The highest BCUT2D eigenvalue weighted by molar-refractivity contribution is 5.42. The van der Waals surface area contributed by atoms with E-state index in [2.05, 4.69) is 20.1 Å². The average molecular weight is 262 g/mol. The maximum atomic E-state index is 5.70. The second-order valence-corrected chi connectivity index (χ2v) is 4.57. The largest absolute Gasteiger partial charge is 0.368 e. The predicted molar refractivity (Wildman–Crippen MR) is 73.9 cm³/mol. The fourth-order valence-corrected chi connectivity index (χ4v) is 1.64. The number of aromatic nitrogens is 5. The van der Waals surface area contributed by atoms with E-state index in [4.69, 9.17) is 5.73 Å². The third-order valence-corrected chi connectivity index (χ3v) is 2.55. The highest BCUT2D eigenvalue weighted by Crippen LogP contribution is 2.14. The standard InChI is InChI=1S/C11H18N8/c1-17(2)10-14-9(12)15-11(16-10)18(3)6-8-5-13-19(4)7-8/h5,7H,6H2,1-4H3,(H2,12,14,15,16). The highest BCUT2D eigenvalue weighted by Gasteiger charge is 2.11. The molecule has 0 amide bonds. The number of nitrogens with two attached hydrogens (primary N) is 1. The quantitative estimate of drug-likeness (QED) is 0.822. The zero-order valence-corrected chi connectivity index (χ0v) is 11.6. The molecule has 0 aliphatic carbocycles. The van der Waals surface area contributed by atoms with E-state index in [1.165, 1.54) is 0 Å². The molecule has 0 unspecified atom stereocenters. The Kier molecular flexibility index (Phi) is 3.50. The van der Waals surface area contributed by atoms with Crippen LogP contribution in [0.1, 0.15) is 5.56 Å². The molecule has 0 atom stereocenters. The Balaban J connectivity index is 2.20. The second-order valence-electron chi connectivity index (χ2n) is 4.57. The van der Waals surface area contributed by atoms with E-state index < -0.39 is 0 Å². The maximum absolute atomic E-state index is 5.70. The molecule has 2 heterocycles. The Morgan fingerprint density at radius 3 is 2.42 bits per heavy atom. The van der Waals surface area contributed by atoms with Gasteiger partial charge in [-0.2, -0.15) is 20.1 Å². The lowest BCUT2D eigenvalue weighted by Crippen LogP contribution is -2.22. The first-order valence-corrected chi connectivity index (χ1v) is 5.83. The van der Waals surface area contributed by atoms with Gasteiger partial charge in [0.05, 0.1) is 6.20 Å². The van der Waals surface area contributed by atoms with Crippen molar-refractivity contribution in [1.29, 1.82) is 0 Å². The summed E-state index contributed by atoms with van der Waals surface area (Å²) in [5.41, 5.74) is 6.78. The van der Waals surface area contributed by atoms with E-state index in [0.29, 0.717) is 18.4 Å². The minimum Gasteiger partial charge on any atom is -0.368 e. The van der Waals surface area contributed by atoms with E-state index in [1.54, 1.807) is 9.58 Å². The van der Waals surface area contributed by atoms with Crippen LogP contribution in [0.3, 0.4) is 0 Å². The monoisotopic (exact) mass is 262 g/mol.